The van der Waals surface area contributed by atoms with Gasteiger partial charge < -0.3 is 15.7 Å². The fourth-order valence-electron chi connectivity index (χ4n) is 0.653. The molecule has 0 rings (SSSR count). The van der Waals surface area contributed by atoms with E-state index in [2.05, 4.69) is 13.3 Å². The molecule has 0 atom stereocenters. The SMILES string of the molecule is C[P+](C)(CCO)CCO.[OH-]. The van der Waals surface area contributed by atoms with Crippen molar-refractivity contribution >= 4 is 7.26 Å². The molecule has 0 aromatic heterocycles. The summed E-state index contributed by atoms with van der Waals surface area (Å²) in [5.74, 6) is 0. The lowest BCUT2D eigenvalue weighted by atomic mass is 10.9. The summed E-state index contributed by atoms with van der Waals surface area (Å²) in [6.45, 7) is 4.83. The van der Waals surface area contributed by atoms with Crippen molar-refractivity contribution in [2.75, 3.05) is 38.9 Å². The zero-order valence-corrected chi connectivity index (χ0v) is 7.51. The average molecular weight is 168 g/mol. The fourth-order valence-corrected chi connectivity index (χ4v) is 1.96. The highest BCUT2D eigenvalue weighted by Gasteiger charge is 2.22. The smallest absolute Gasteiger partial charge is 0.0820 e. The van der Waals surface area contributed by atoms with Gasteiger partial charge in [-0.1, -0.05) is 0 Å². The summed E-state index contributed by atoms with van der Waals surface area (Å²) in [6.07, 6.45) is 1.76. The van der Waals surface area contributed by atoms with Gasteiger partial charge in [-0.15, -0.1) is 0 Å². The molecular weight excluding hydrogens is 151 g/mol. The zero-order valence-electron chi connectivity index (χ0n) is 6.62. The Morgan fingerprint density at radius 3 is 1.50 bits per heavy atom. The molecule has 0 fully saturated rings. The summed E-state index contributed by atoms with van der Waals surface area (Å²) in [5, 5.41) is 17.1. The summed E-state index contributed by atoms with van der Waals surface area (Å²) < 4.78 is 0. The van der Waals surface area contributed by atoms with E-state index in [1.54, 1.807) is 0 Å². The fraction of sp³-hybridized carbons (Fsp3) is 1.00. The van der Waals surface area contributed by atoms with Crippen molar-refractivity contribution in [2.45, 2.75) is 0 Å². The molecule has 4 heteroatoms. The van der Waals surface area contributed by atoms with Crippen molar-refractivity contribution in [3.8, 4) is 0 Å². The highest BCUT2D eigenvalue weighted by Crippen LogP contribution is 2.49. The Morgan fingerprint density at radius 1 is 1.00 bits per heavy atom. The highest BCUT2D eigenvalue weighted by molar-refractivity contribution is 7.74. The third kappa shape index (κ3) is 6.43. The monoisotopic (exact) mass is 168 g/mol. The normalized spacial score (nSPS) is 10.8. The third-order valence-corrected chi connectivity index (χ3v) is 4.23. The maximum absolute atomic E-state index is 8.57. The van der Waals surface area contributed by atoms with Gasteiger partial charge in [0.25, 0.3) is 0 Å². The van der Waals surface area contributed by atoms with Crippen LogP contribution < -0.4 is 0 Å². The van der Waals surface area contributed by atoms with Crippen molar-refractivity contribution in [2.24, 2.45) is 0 Å². The molecule has 10 heavy (non-hydrogen) atoms. The second-order valence-corrected chi connectivity index (χ2v) is 7.60. The standard InChI is InChI=1S/C6H16O2P.H2O/c1-9(2,5-3-7)6-4-8;/h7-8H,3-6H2,1-2H3;1H2/q+1;/p-1. The first-order chi connectivity index (χ1) is 4.12. The van der Waals surface area contributed by atoms with Crippen LogP contribution in [-0.4, -0.2) is 54.6 Å². The van der Waals surface area contributed by atoms with Crippen LogP contribution in [0.5, 0.6) is 0 Å². The molecule has 0 aromatic carbocycles. The van der Waals surface area contributed by atoms with Crippen LogP contribution in [0.3, 0.4) is 0 Å². The summed E-state index contributed by atoms with van der Waals surface area (Å²) >= 11 is 0. The van der Waals surface area contributed by atoms with Gasteiger partial charge in [-0.3, -0.25) is 0 Å². The van der Waals surface area contributed by atoms with Gasteiger partial charge in [-0.05, 0) is 0 Å². The lowest BCUT2D eigenvalue weighted by Gasteiger charge is -2.14. The van der Waals surface area contributed by atoms with Gasteiger partial charge in [0.05, 0.1) is 25.5 Å². The van der Waals surface area contributed by atoms with Crippen LogP contribution in [0.15, 0.2) is 0 Å². The molecule has 3 nitrogen and oxygen atoms in total. The minimum Gasteiger partial charge on any atom is -0.870 e. The lowest BCUT2D eigenvalue weighted by molar-refractivity contribution is 0.315. The maximum Gasteiger partial charge on any atom is 0.0820 e. The average Bonchev–Trinajstić information content (AvgIpc) is 1.64. The summed E-state index contributed by atoms with van der Waals surface area (Å²) in [4.78, 5) is 0. The second kappa shape index (κ2) is 6.05. The van der Waals surface area contributed by atoms with Crippen molar-refractivity contribution in [1.82, 2.24) is 0 Å². The van der Waals surface area contributed by atoms with E-state index in [-0.39, 0.29) is 18.7 Å². The predicted molar refractivity (Wildman–Crippen MR) is 44.6 cm³/mol. The maximum atomic E-state index is 8.57. The first kappa shape index (κ1) is 12.9. The number of hydrogen-bond donors (Lipinski definition) is 2. The molecular formula is C6H17O3P. The lowest BCUT2D eigenvalue weighted by Crippen LogP contribution is -2.06. The van der Waals surface area contributed by atoms with Gasteiger partial charge in [0.15, 0.2) is 0 Å². The van der Waals surface area contributed by atoms with Crippen LogP contribution >= 0.6 is 7.26 Å². The van der Waals surface area contributed by atoms with Crippen molar-refractivity contribution in [3.05, 3.63) is 0 Å². The first-order valence-electron chi connectivity index (χ1n) is 3.16. The Bertz CT molecular complexity index is 67.4. The Kier molecular flexibility index (Phi) is 7.83. The molecule has 0 heterocycles. The van der Waals surface area contributed by atoms with E-state index in [1.165, 1.54) is 0 Å². The molecule has 0 aliphatic rings. The van der Waals surface area contributed by atoms with E-state index in [0.29, 0.717) is 0 Å². The number of aliphatic hydroxyl groups excluding tert-OH is 2. The van der Waals surface area contributed by atoms with E-state index in [0.717, 1.165) is 12.3 Å². The van der Waals surface area contributed by atoms with Crippen LogP contribution in [-0.2, 0) is 0 Å². The Hall–Kier alpha value is 0.310. The molecule has 0 amide bonds. The first-order valence-corrected chi connectivity index (χ1v) is 6.21. The van der Waals surface area contributed by atoms with E-state index in [9.17, 15) is 0 Å². The number of hydrogen-bond acceptors (Lipinski definition) is 3. The largest absolute Gasteiger partial charge is 0.870 e. The zero-order chi connectivity index (χ0) is 7.33. The van der Waals surface area contributed by atoms with Crippen molar-refractivity contribution < 1.29 is 15.7 Å². The molecule has 0 bridgehead atoms. The Labute approximate surface area is 62.7 Å². The summed E-state index contributed by atoms with van der Waals surface area (Å²) in [6, 6.07) is 0. The molecule has 0 saturated heterocycles. The Morgan fingerprint density at radius 2 is 1.30 bits per heavy atom. The summed E-state index contributed by atoms with van der Waals surface area (Å²) in [5.41, 5.74) is 0. The topological polar surface area (TPSA) is 70.5 Å². The molecule has 3 N–H and O–H groups in total. The molecule has 0 radical (unpaired) electrons. The molecule has 0 aromatic rings. The molecule has 0 aliphatic carbocycles. The van der Waals surface area contributed by atoms with Gasteiger partial charge >= 0.3 is 0 Å². The predicted octanol–water partition coefficient (Wildman–Crippen LogP) is 0.0714. The number of rotatable bonds is 4. The third-order valence-electron chi connectivity index (χ3n) is 1.41. The van der Waals surface area contributed by atoms with E-state index >= 15 is 0 Å². The van der Waals surface area contributed by atoms with Gasteiger partial charge in [0.2, 0.25) is 0 Å². The van der Waals surface area contributed by atoms with Crippen molar-refractivity contribution in [1.29, 1.82) is 0 Å². The van der Waals surface area contributed by atoms with Crippen LogP contribution in [0.25, 0.3) is 0 Å². The van der Waals surface area contributed by atoms with Crippen LogP contribution in [0.4, 0.5) is 0 Å². The van der Waals surface area contributed by atoms with E-state index in [4.69, 9.17) is 10.2 Å². The van der Waals surface area contributed by atoms with Crippen molar-refractivity contribution in [3.63, 3.8) is 0 Å². The van der Waals surface area contributed by atoms with Crippen LogP contribution in [0.1, 0.15) is 0 Å². The van der Waals surface area contributed by atoms with Gasteiger partial charge in [0.1, 0.15) is 0 Å². The molecule has 64 valence electrons. The van der Waals surface area contributed by atoms with Crippen LogP contribution in [0.2, 0.25) is 0 Å². The number of aliphatic hydroxyl groups is 2. The van der Waals surface area contributed by atoms with Gasteiger partial charge in [0, 0.05) is 20.6 Å². The quantitative estimate of drug-likeness (QED) is 0.583. The van der Waals surface area contributed by atoms with Gasteiger partial charge in [-0.25, -0.2) is 0 Å². The molecule has 0 spiro atoms. The molecule has 0 saturated carbocycles. The van der Waals surface area contributed by atoms with Gasteiger partial charge in [-0.2, -0.15) is 0 Å². The second-order valence-electron chi connectivity index (χ2n) is 2.83. The van der Waals surface area contributed by atoms with Crippen LogP contribution in [0, 0.1) is 0 Å². The highest BCUT2D eigenvalue weighted by atomic mass is 31.2. The van der Waals surface area contributed by atoms with E-state index < -0.39 is 7.26 Å². The minimum atomic E-state index is -0.943. The minimum absolute atomic E-state index is 0. The Balaban J connectivity index is 0. The molecule has 0 unspecified atom stereocenters. The summed E-state index contributed by atoms with van der Waals surface area (Å²) in [7, 11) is -0.943. The molecule has 0 aliphatic heterocycles. The van der Waals surface area contributed by atoms with E-state index in [1.807, 2.05) is 0 Å².